The fraction of sp³-hybridized carbons (Fsp3) is 0.260. The zero-order chi connectivity index (χ0) is 52.1. The lowest BCUT2D eigenvalue weighted by Crippen LogP contribution is -2.64. The highest BCUT2D eigenvalue weighted by Crippen LogP contribution is 2.66. The third-order valence-corrected chi connectivity index (χ3v) is 20.4. The van der Waals surface area contributed by atoms with Crippen molar-refractivity contribution in [2.24, 2.45) is 0 Å². The van der Waals surface area contributed by atoms with Gasteiger partial charge in [-0.05, 0) is 159 Å². The van der Waals surface area contributed by atoms with Crippen LogP contribution in [-0.4, -0.2) is 17.8 Å². The summed E-state index contributed by atoms with van der Waals surface area (Å²) in [4.78, 5) is 8.51. The van der Waals surface area contributed by atoms with Gasteiger partial charge in [-0.2, -0.15) is 0 Å². The van der Waals surface area contributed by atoms with Crippen LogP contribution in [0.3, 0.4) is 0 Å². The molecule has 0 amide bonds. The Kier molecular flexibility index (Phi) is 10.1. The summed E-state index contributed by atoms with van der Waals surface area (Å²) in [6.07, 6.45) is 9.37. The molecule has 2 fully saturated rings. The predicted octanol–water partition coefficient (Wildman–Crippen LogP) is 17.1. The molecule has 4 heteroatoms. The first-order valence-electron chi connectivity index (χ1n) is 28.8. The quantitative estimate of drug-likeness (QED) is 0.154. The Labute approximate surface area is 457 Å². The summed E-state index contributed by atoms with van der Waals surface area (Å²) in [6, 6.07) is 79.9. The summed E-state index contributed by atoms with van der Waals surface area (Å²) in [5.41, 5.74) is 26.1. The molecule has 2 aliphatic carbocycles. The van der Waals surface area contributed by atoms with Gasteiger partial charge < -0.3 is 14.7 Å². The molecule has 0 radical (unpaired) electrons. The number of rotatable bonds is 6. The molecule has 4 unspecified atom stereocenters. The maximum absolute atomic E-state index is 2.94. The van der Waals surface area contributed by atoms with Crippen LogP contribution >= 0.6 is 0 Å². The third kappa shape index (κ3) is 6.45. The Balaban J connectivity index is 1.08. The van der Waals surface area contributed by atoms with E-state index in [1.807, 2.05) is 0 Å². The minimum absolute atomic E-state index is 0.000497. The Bertz CT molecular complexity index is 3830. The smallest absolute Gasteiger partial charge is 0.252 e. The molecule has 4 atom stereocenters. The number of benzene rings is 9. The van der Waals surface area contributed by atoms with Gasteiger partial charge in [0.05, 0.1) is 11.1 Å². The molecule has 0 bridgehead atoms. The van der Waals surface area contributed by atoms with E-state index in [9.17, 15) is 0 Å². The minimum Gasteiger partial charge on any atom is -0.335 e. The molecule has 2 saturated carbocycles. The Morgan fingerprint density at radius 1 is 0.403 bits per heavy atom. The number of hydrogen-bond donors (Lipinski definition) is 0. The van der Waals surface area contributed by atoms with Crippen LogP contribution in [0.5, 0.6) is 0 Å². The topological polar surface area (TPSA) is 9.72 Å². The summed E-state index contributed by atoms with van der Waals surface area (Å²) >= 11 is 0. The molecule has 0 N–H and O–H groups in total. The molecule has 4 aliphatic heterocycles. The van der Waals surface area contributed by atoms with Gasteiger partial charge in [0.15, 0.2) is 0 Å². The molecule has 0 spiro atoms. The van der Waals surface area contributed by atoms with Crippen molar-refractivity contribution in [2.75, 3.05) is 14.7 Å². The highest BCUT2D eigenvalue weighted by atomic mass is 15.3. The maximum atomic E-state index is 2.94. The number of hydrogen-bond acceptors (Lipinski definition) is 3. The second-order valence-corrected chi connectivity index (χ2v) is 25.3. The Morgan fingerprint density at radius 3 is 1.69 bits per heavy atom. The highest BCUT2D eigenvalue weighted by Gasteiger charge is 2.64. The van der Waals surface area contributed by atoms with Crippen LogP contribution in [0.4, 0.5) is 39.8 Å². The van der Waals surface area contributed by atoms with E-state index in [-0.39, 0.29) is 34.0 Å². The van der Waals surface area contributed by atoms with Gasteiger partial charge in [-0.3, -0.25) is 0 Å². The lowest BCUT2D eigenvalue weighted by Gasteiger charge is -2.54. The van der Waals surface area contributed by atoms with E-state index in [0.29, 0.717) is 0 Å². The van der Waals surface area contributed by atoms with Crippen LogP contribution < -0.4 is 31.1 Å². The first kappa shape index (κ1) is 46.7. The van der Waals surface area contributed by atoms with Crippen molar-refractivity contribution in [1.82, 2.24) is 0 Å². The fourth-order valence-electron chi connectivity index (χ4n) is 16.4. The van der Waals surface area contributed by atoms with Crippen LogP contribution in [0, 0.1) is 0 Å². The molecule has 15 rings (SSSR count). The van der Waals surface area contributed by atoms with Gasteiger partial charge in [-0.1, -0.05) is 217 Å². The summed E-state index contributed by atoms with van der Waals surface area (Å²) in [5, 5.41) is 0. The van der Waals surface area contributed by atoms with Crippen molar-refractivity contribution in [1.29, 1.82) is 0 Å². The van der Waals surface area contributed by atoms with Crippen molar-refractivity contribution >= 4 is 62.9 Å². The van der Waals surface area contributed by atoms with Crippen LogP contribution in [0.25, 0.3) is 33.4 Å². The molecule has 0 aromatic heterocycles. The molecule has 9 aromatic rings. The van der Waals surface area contributed by atoms with Crippen molar-refractivity contribution in [2.45, 2.75) is 120 Å². The monoisotopic (exact) mass is 998 g/mol. The zero-order valence-electron chi connectivity index (χ0n) is 45.7. The molecule has 0 saturated heterocycles. The van der Waals surface area contributed by atoms with Crippen molar-refractivity contribution in [3.05, 3.63) is 229 Å². The molecular formula is C73H68BN3. The minimum atomic E-state index is -0.256. The standard InChI is InChI=1S/C73H68BN3/c1-69(2,3)56-35-37-63-59(46-56)73(55-31-17-10-18-32-55)41-22-21-40-72(73,6)76(63)58-47-65-67-66(48-58)77-68-60(70(4)38-19-20-39-71(70,77)5)43-54(51-28-15-9-16-29-51)44-62(68)74(67)61-36-34-53(50-26-13-8-14-27-50)45-64(61)75(65)57-33-23-30-52(42-57)49-24-11-7-12-25-49/h7-18,23-37,42-48H,19-22,38-41H2,1-6H3. The molecule has 378 valence electrons. The van der Waals surface area contributed by atoms with Gasteiger partial charge in [-0.25, -0.2) is 0 Å². The van der Waals surface area contributed by atoms with E-state index >= 15 is 0 Å². The fourth-order valence-corrected chi connectivity index (χ4v) is 16.4. The second-order valence-electron chi connectivity index (χ2n) is 25.3. The summed E-state index contributed by atoms with van der Waals surface area (Å²) in [6.45, 7) is 15.1. The van der Waals surface area contributed by atoms with Gasteiger partial charge in [0.25, 0.3) is 6.71 Å². The SMILES string of the molecule is CC(C)(C)c1ccc2c(c1)C1(c3ccccc3)CCCCC1(C)N2c1cc2c3c(c1)N1c4c(cc(-c5ccccc5)cc4C4(C)CCCCC14C)B3c1ccc(-c3ccccc3)cc1N2c1cccc(-c2ccccc2)c1. The predicted molar refractivity (Wildman–Crippen MR) is 326 cm³/mol. The number of fused-ring (bicyclic) bond motifs is 10. The van der Waals surface area contributed by atoms with E-state index in [0.717, 1.165) is 19.3 Å². The molecule has 6 aliphatic rings. The van der Waals surface area contributed by atoms with E-state index in [1.54, 1.807) is 0 Å². The molecule has 4 heterocycles. The second kappa shape index (κ2) is 16.7. The summed E-state index contributed by atoms with van der Waals surface area (Å²) < 4.78 is 0. The molecule has 9 aromatic carbocycles. The average Bonchev–Trinajstić information content (AvgIpc) is 3.82. The van der Waals surface area contributed by atoms with Gasteiger partial charge >= 0.3 is 0 Å². The van der Waals surface area contributed by atoms with E-state index in [1.165, 1.54) is 144 Å². The molecule has 3 nitrogen and oxygen atoms in total. The highest BCUT2D eigenvalue weighted by molar-refractivity contribution is 7.00. The lowest BCUT2D eigenvalue weighted by atomic mass is 9.33. The summed E-state index contributed by atoms with van der Waals surface area (Å²) in [7, 11) is 0. The van der Waals surface area contributed by atoms with E-state index < -0.39 is 0 Å². The van der Waals surface area contributed by atoms with Gasteiger partial charge in [0, 0.05) is 50.6 Å². The maximum Gasteiger partial charge on any atom is 0.252 e. The number of anilines is 7. The van der Waals surface area contributed by atoms with Crippen molar-refractivity contribution < 1.29 is 0 Å². The van der Waals surface area contributed by atoms with E-state index in [4.69, 9.17) is 0 Å². The van der Waals surface area contributed by atoms with Gasteiger partial charge in [0.2, 0.25) is 0 Å². The first-order chi connectivity index (χ1) is 37.4. The van der Waals surface area contributed by atoms with Crippen molar-refractivity contribution in [3.63, 3.8) is 0 Å². The Hall–Kier alpha value is -7.56. The Morgan fingerprint density at radius 2 is 1.00 bits per heavy atom. The molecular weight excluding hydrogens is 930 g/mol. The first-order valence-corrected chi connectivity index (χ1v) is 28.8. The van der Waals surface area contributed by atoms with Gasteiger partial charge in [0.1, 0.15) is 0 Å². The lowest BCUT2D eigenvalue weighted by molar-refractivity contribution is 0.195. The zero-order valence-corrected chi connectivity index (χ0v) is 45.7. The average molecular weight is 998 g/mol. The van der Waals surface area contributed by atoms with Crippen LogP contribution in [0.1, 0.15) is 115 Å². The third-order valence-electron chi connectivity index (χ3n) is 20.4. The number of nitrogens with zero attached hydrogens (tertiary/aromatic N) is 3. The van der Waals surface area contributed by atoms with Crippen LogP contribution in [0.15, 0.2) is 206 Å². The summed E-state index contributed by atoms with van der Waals surface area (Å²) in [5.74, 6) is 0. The molecule has 77 heavy (non-hydrogen) atoms. The van der Waals surface area contributed by atoms with Crippen LogP contribution in [0.2, 0.25) is 0 Å². The largest absolute Gasteiger partial charge is 0.335 e. The normalized spacial score (nSPS) is 23.4. The van der Waals surface area contributed by atoms with E-state index in [2.05, 4.69) is 262 Å². The van der Waals surface area contributed by atoms with Gasteiger partial charge in [-0.15, -0.1) is 0 Å². The van der Waals surface area contributed by atoms with Crippen LogP contribution in [-0.2, 0) is 16.2 Å². The van der Waals surface area contributed by atoms with Crippen molar-refractivity contribution in [3.8, 4) is 33.4 Å².